The predicted molar refractivity (Wildman–Crippen MR) is 135 cm³/mol. The Labute approximate surface area is 195 Å². The van der Waals surface area contributed by atoms with Gasteiger partial charge in [-0.3, -0.25) is 4.98 Å². The van der Waals surface area contributed by atoms with Gasteiger partial charge in [-0.25, -0.2) is 0 Å². The van der Waals surface area contributed by atoms with E-state index in [1.807, 2.05) is 13.8 Å². The van der Waals surface area contributed by atoms with E-state index >= 15 is 0 Å². The van der Waals surface area contributed by atoms with Gasteiger partial charge in [-0.05, 0) is 37.9 Å². The lowest BCUT2D eigenvalue weighted by Crippen LogP contribution is -1.96. The maximum atomic E-state index is 7.84. The fourth-order valence-electron chi connectivity index (χ4n) is 1.03. The van der Waals surface area contributed by atoms with Crippen LogP contribution in [0, 0.1) is 13.8 Å². The molecule has 0 aliphatic heterocycles. The standard InChI is InChI=1S/C9H11I2N.2CH2I2/c1-6-3-8(5-9(10)11)4-7(2)12-6;2*2-1-3/h3-4,9H,5H2,1-2H3;2*1H2/i3D,4T;;. The van der Waals surface area contributed by atoms with Crippen LogP contribution in [0.5, 0.6) is 0 Å². The number of hydrogen-bond acceptors (Lipinski definition) is 1. The summed E-state index contributed by atoms with van der Waals surface area (Å²) < 4.78 is 18.5. The summed E-state index contributed by atoms with van der Waals surface area (Å²) >= 11 is 13.7. The second kappa shape index (κ2) is 16.9. The lowest BCUT2D eigenvalue weighted by Gasteiger charge is -2.04. The Hall–Kier alpha value is 3.53. The monoisotopic (exact) mass is 926 g/mol. The molecular weight excluding hydrogens is 908 g/mol. The van der Waals surface area contributed by atoms with E-state index in [2.05, 4.69) is 141 Å². The van der Waals surface area contributed by atoms with Crippen molar-refractivity contribution >= 4 is 136 Å². The molecule has 0 unspecified atom stereocenters. The molecule has 1 aromatic rings. The summed E-state index contributed by atoms with van der Waals surface area (Å²) in [7, 11) is 0. The first-order valence-corrected chi connectivity index (χ1v) is 13.3. The van der Waals surface area contributed by atoms with E-state index in [4.69, 9.17) is 2.74 Å². The highest BCUT2D eigenvalue weighted by Gasteiger charge is 2.01. The van der Waals surface area contributed by atoms with Gasteiger partial charge in [0.15, 0.2) is 0 Å². The van der Waals surface area contributed by atoms with Crippen LogP contribution in [0.4, 0.5) is 0 Å². The summed E-state index contributed by atoms with van der Waals surface area (Å²) in [5, 5.41) is 0. The van der Waals surface area contributed by atoms with Gasteiger partial charge < -0.3 is 0 Å². The maximum Gasteiger partial charge on any atom is 0.0666 e. The Balaban J connectivity index is 0. The minimum absolute atomic E-state index is 0.416. The Morgan fingerprint density at radius 1 is 1.22 bits per heavy atom. The van der Waals surface area contributed by atoms with Gasteiger partial charge >= 0.3 is 0 Å². The third kappa shape index (κ3) is 17.6. The first kappa shape index (κ1) is 19.6. The molecule has 0 saturated carbocycles. The molecule has 1 nitrogen and oxygen atoms in total. The normalized spacial score (nSPS) is 10.7. The molecule has 0 amide bonds. The lowest BCUT2D eigenvalue weighted by atomic mass is 10.1. The van der Waals surface area contributed by atoms with Crippen molar-refractivity contribution in [2.24, 2.45) is 0 Å². The molecule has 0 saturated heterocycles. The highest BCUT2D eigenvalue weighted by Crippen LogP contribution is 2.17. The van der Waals surface area contributed by atoms with Crippen molar-refractivity contribution in [2.75, 3.05) is 4.87 Å². The van der Waals surface area contributed by atoms with Crippen LogP contribution in [-0.4, -0.2) is 11.8 Å². The van der Waals surface area contributed by atoms with E-state index in [1.165, 1.54) is 4.87 Å². The van der Waals surface area contributed by atoms with Crippen molar-refractivity contribution in [2.45, 2.75) is 22.2 Å². The summed E-state index contributed by atoms with van der Waals surface area (Å²) in [6.45, 7) is 3.65. The van der Waals surface area contributed by atoms with Gasteiger partial charge in [-0.2, -0.15) is 0 Å². The predicted octanol–water partition coefficient (Wildman–Crippen LogP) is 7.06. The highest BCUT2D eigenvalue weighted by atomic mass is 127. The molecule has 18 heavy (non-hydrogen) atoms. The molecule has 1 rings (SSSR count). The number of alkyl halides is 6. The van der Waals surface area contributed by atoms with Crippen LogP contribution >= 0.6 is 136 Å². The number of aromatic nitrogens is 1. The molecule has 7 heteroatoms. The summed E-state index contributed by atoms with van der Waals surface area (Å²) in [5.41, 5.74) is 2.27. The molecule has 0 bridgehead atoms. The topological polar surface area (TPSA) is 12.9 Å². The number of nitrogens with zero attached hydrogens (tertiary/aromatic N) is 1. The zero-order chi connectivity index (χ0) is 16.3. The van der Waals surface area contributed by atoms with E-state index in [1.54, 1.807) is 0 Å². The zero-order valence-corrected chi connectivity index (χ0v) is 22.9. The summed E-state index contributed by atoms with van der Waals surface area (Å²) in [6, 6.07) is 0.859. The number of aryl methyl sites for hydroxylation is 2. The first-order chi connectivity index (χ1) is 9.26. The van der Waals surface area contributed by atoms with Crippen LogP contribution in [0.3, 0.4) is 0 Å². The molecule has 0 radical (unpaired) electrons. The fraction of sp³-hybridized carbons (Fsp3) is 0.545. The number of halogens is 6. The molecule has 0 atom stereocenters. The van der Waals surface area contributed by atoms with Gasteiger partial charge in [0, 0.05) is 11.4 Å². The largest absolute Gasteiger partial charge is 0.258 e. The quantitative estimate of drug-likeness (QED) is 0.229. The van der Waals surface area contributed by atoms with Crippen molar-refractivity contribution in [1.82, 2.24) is 4.98 Å². The van der Waals surface area contributed by atoms with E-state index in [9.17, 15) is 0 Å². The van der Waals surface area contributed by atoms with E-state index in [-0.39, 0.29) is 0 Å². The van der Waals surface area contributed by atoms with Crippen LogP contribution in [0.15, 0.2) is 12.1 Å². The first-order valence-electron chi connectivity index (χ1n) is 5.71. The SMILES string of the molecule is ICI.ICI.[2H]c1c(C)nc(C)c([3H])c1CC(I)I. The van der Waals surface area contributed by atoms with Crippen molar-refractivity contribution in [3.8, 4) is 0 Å². The van der Waals surface area contributed by atoms with E-state index < -0.39 is 0 Å². The summed E-state index contributed by atoms with van der Waals surface area (Å²) in [6.07, 6.45) is 0.767. The minimum atomic E-state index is 0.416. The fourth-order valence-corrected chi connectivity index (χ4v) is 1.91. The van der Waals surface area contributed by atoms with Crippen molar-refractivity contribution in [1.29, 1.82) is 0 Å². The molecule has 1 aromatic heterocycles. The third-order valence-corrected chi connectivity index (χ3v) is 2.24. The molecule has 0 aromatic carbocycles. The zero-order valence-electron chi connectivity index (χ0n) is 11.9. The Kier molecular flexibility index (Phi) is 18.4. The Morgan fingerprint density at radius 2 is 1.67 bits per heavy atom. The number of rotatable bonds is 2. The van der Waals surface area contributed by atoms with E-state index in [0.29, 0.717) is 14.0 Å². The number of pyridine rings is 1. The van der Waals surface area contributed by atoms with Crippen molar-refractivity contribution in [3.05, 3.63) is 29.0 Å². The smallest absolute Gasteiger partial charge is 0.0666 e. The molecule has 0 spiro atoms. The van der Waals surface area contributed by atoms with E-state index in [0.717, 1.165) is 23.4 Å². The molecule has 0 aliphatic carbocycles. The lowest BCUT2D eigenvalue weighted by molar-refractivity contribution is 1.06. The van der Waals surface area contributed by atoms with Crippen molar-refractivity contribution < 1.29 is 2.74 Å². The van der Waals surface area contributed by atoms with Crippen LogP contribution in [0.1, 0.15) is 19.7 Å². The average molecular weight is 926 g/mol. The van der Waals surface area contributed by atoms with Crippen LogP contribution in [0.25, 0.3) is 0 Å². The van der Waals surface area contributed by atoms with Gasteiger partial charge in [0.1, 0.15) is 0 Å². The van der Waals surface area contributed by atoms with Crippen LogP contribution in [-0.2, 0) is 6.42 Å². The van der Waals surface area contributed by atoms with Crippen LogP contribution < -0.4 is 0 Å². The maximum absolute atomic E-state index is 7.84. The number of hydrogen-bond donors (Lipinski definition) is 0. The van der Waals surface area contributed by atoms with Crippen molar-refractivity contribution in [3.63, 3.8) is 0 Å². The second-order valence-corrected chi connectivity index (χ2v) is 17.1. The Morgan fingerprint density at radius 3 is 2.06 bits per heavy atom. The molecule has 0 aliphatic rings. The average Bonchev–Trinajstić information content (AvgIpc) is 2.34. The summed E-state index contributed by atoms with van der Waals surface area (Å²) in [4.78, 5) is 4.16. The Bertz CT molecular complexity index is 361. The van der Waals surface area contributed by atoms with Gasteiger partial charge in [-0.1, -0.05) is 136 Å². The van der Waals surface area contributed by atoms with Gasteiger partial charge in [0.25, 0.3) is 0 Å². The van der Waals surface area contributed by atoms with Gasteiger partial charge in [0.2, 0.25) is 0 Å². The molecule has 106 valence electrons. The summed E-state index contributed by atoms with van der Waals surface area (Å²) in [5.74, 6) is 0. The molecule has 1 heterocycles. The second-order valence-electron chi connectivity index (χ2n) is 2.81. The molecule has 0 fully saturated rings. The third-order valence-electron chi connectivity index (χ3n) is 1.36. The van der Waals surface area contributed by atoms with Gasteiger partial charge in [-0.15, -0.1) is 0 Å². The minimum Gasteiger partial charge on any atom is -0.258 e. The molecule has 0 N–H and O–H groups in total. The van der Waals surface area contributed by atoms with Crippen LogP contribution in [0.2, 0.25) is 0 Å². The highest BCUT2D eigenvalue weighted by molar-refractivity contribution is 14.2. The molecular formula is C11H15I6N. The van der Waals surface area contributed by atoms with Gasteiger partial charge in [0.05, 0.1) is 9.54 Å².